The van der Waals surface area contributed by atoms with Crippen LogP contribution < -0.4 is 26.2 Å². The van der Waals surface area contributed by atoms with Gasteiger partial charge >= 0.3 is 6.03 Å². The number of carbonyl (C=O) groups is 2. The fraction of sp³-hybridized carbons (Fsp3) is 0.244. The van der Waals surface area contributed by atoms with Crippen molar-refractivity contribution in [3.63, 3.8) is 0 Å². The van der Waals surface area contributed by atoms with Crippen LogP contribution >= 0.6 is 0 Å². The number of aromatic nitrogens is 5. The molecule has 2 aliphatic heterocycles. The van der Waals surface area contributed by atoms with Gasteiger partial charge in [-0.3, -0.25) is 14.4 Å². The Bertz CT molecular complexity index is 2850. The van der Waals surface area contributed by atoms with Gasteiger partial charge in [0, 0.05) is 63.6 Å². The largest absolute Gasteiger partial charge is 0.506 e. The number of rotatable bonds is 7. The number of amides is 3. The van der Waals surface area contributed by atoms with E-state index in [1.165, 1.54) is 12.1 Å². The summed E-state index contributed by atoms with van der Waals surface area (Å²) in [6.07, 6.45) is -0.145. The topological polar surface area (TPSA) is 252 Å². The van der Waals surface area contributed by atoms with Crippen molar-refractivity contribution in [2.24, 2.45) is 0 Å². The van der Waals surface area contributed by atoms with Crippen molar-refractivity contribution in [2.45, 2.75) is 13.0 Å². The van der Waals surface area contributed by atoms with E-state index in [1.807, 2.05) is 17.0 Å². The van der Waals surface area contributed by atoms with Crippen molar-refractivity contribution >= 4 is 45.2 Å². The molecule has 18 nitrogen and oxygen atoms in total. The van der Waals surface area contributed by atoms with Crippen molar-refractivity contribution < 1.29 is 19.8 Å². The number of nitrogens with zero attached hydrogens (tertiary/aromatic N) is 9. The van der Waals surface area contributed by atoms with Gasteiger partial charge in [0.15, 0.2) is 0 Å². The molecule has 3 aromatic carbocycles. The molecule has 296 valence electrons. The lowest BCUT2D eigenvalue weighted by Gasteiger charge is -2.36. The number of urea groups is 1. The molecule has 2 aliphatic rings. The van der Waals surface area contributed by atoms with E-state index < -0.39 is 11.1 Å². The number of pyridine rings is 1. The highest BCUT2D eigenvalue weighted by Crippen LogP contribution is 2.32. The van der Waals surface area contributed by atoms with Crippen LogP contribution in [0.3, 0.4) is 0 Å². The molecule has 6 aromatic rings. The highest BCUT2D eigenvalue weighted by atomic mass is 16.3. The fourth-order valence-electron chi connectivity index (χ4n) is 7.38. The summed E-state index contributed by atoms with van der Waals surface area (Å²) in [5, 5.41) is 43.8. The smallest absolute Gasteiger partial charge is 0.317 e. The summed E-state index contributed by atoms with van der Waals surface area (Å²) in [6.45, 7) is 3.30. The number of carbonyl (C=O) groups excluding carboxylic acids is 2. The number of aromatic amines is 2. The molecule has 0 aliphatic carbocycles. The Morgan fingerprint density at radius 3 is 1.92 bits per heavy atom. The minimum atomic E-state index is -0.439. The highest BCUT2D eigenvalue weighted by Gasteiger charge is 2.26. The first-order valence-electron chi connectivity index (χ1n) is 18.8. The number of phenols is 2. The van der Waals surface area contributed by atoms with Crippen LogP contribution in [-0.4, -0.2) is 109 Å². The molecule has 59 heavy (non-hydrogen) atoms. The Morgan fingerprint density at radius 1 is 0.695 bits per heavy atom. The van der Waals surface area contributed by atoms with E-state index in [1.54, 1.807) is 52.3 Å². The van der Waals surface area contributed by atoms with Crippen molar-refractivity contribution in [2.75, 3.05) is 62.2 Å². The molecule has 3 amide bonds. The van der Waals surface area contributed by atoms with E-state index in [0.29, 0.717) is 75.0 Å². The Balaban J connectivity index is 0.916. The Morgan fingerprint density at radius 2 is 1.27 bits per heavy atom. The first kappa shape index (κ1) is 37.9. The lowest BCUT2D eigenvalue weighted by atomic mass is 9.99. The number of nitriles is 2. The van der Waals surface area contributed by atoms with Crippen LogP contribution in [0.2, 0.25) is 0 Å². The van der Waals surface area contributed by atoms with Gasteiger partial charge in [-0.2, -0.15) is 10.5 Å². The molecule has 8 rings (SSSR count). The second-order valence-corrected chi connectivity index (χ2v) is 14.1. The summed E-state index contributed by atoms with van der Waals surface area (Å²) in [5.41, 5.74) is 1.69. The third-order valence-electron chi connectivity index (χ3n) is 10.5. The Hall–Kier alpha value is -7.99. The number of H-pyrrole nitrogens is 2. The van der Waals surface area contributed by atoms with E-state index in [4.69, 9.17) is 4.98 Å². The number of hydrogen-bond acceptors (Lipinski definition) is 13. The third-order valence-corrected chi connectivity index (χ3v) is 10.5. The number of fused-ring (bicyclic) bond motifs is 2. The lowest BCUT2D eigenvalue weighted by molar-refractivity contribution is -0.130. The molecule has 5 heterocycles. The second-order valence-electron chi connectivity index (χ2n) is 14.1. The van der Waals surface area contributed by atoms with Crippen molar-refractivity contribution in [3.8, 4) is 34.9 Å². The van der Waals surface area contributed by atoms with Crippen molar-refractivity contribution in [3.05, 3.63) is 110 Å². The third kappa shape index (κ3) is 7.62. The van der Waals surface area contributed by atoms with E-state index >= 15 is 0 Å². The predicted molar refractivity (Wildman–Crippen MR) is 216 cm³/mol. The van der Waals surface area contributed by atoms with Crippen LogP contribution in [0.25, 0.3) is 33.1 Å². The number of anilines is 2. The maximum atomic E-state index is 13.2. The maximum absolute atomic E-state index is 13.2. The molecule has 0 saturated carbocycles. The van der Waals surface area contributed by atoms with Gasteiger partial charge in [0.05, 0.1) is 46.6 Å². The molecule has 18 heteroatoms. The molecular weight excluding hydrogens is 757 g/mol. The number of aromatic hydroxyl groups is 2. The molecular formula is C41H36N12O6. The van der Waals surface area contributed by atoms with Gasteiger partial charge in [-0.1, -0.05) is 12.1 Å². The van der Waals surface area contributed by atoms with Crippen molar-refractivity contribution in [1.82, 2.24) is 40.0 Å². The number of piperazine rings is 2. The minimum absolute atomic E-state index is 0.0434. The van der Waals surface area contributed by atoms with Crippen LogP contribution in [0.1, 0.15) is 22.8 Å². The van der Waals surface area contributed by atoms with Crippen molar-refractivity contribution in [1.29, 1.82) is 10.5 Å². The number of nitrogens with one attached hydrogen (secondary N) is 3. The average Bonchev–Trinajstić information content (AvgIpc) is 3.26. The minimum Gasteiger partial charge on any atom is -0.506 e. The Labute approximate surface area is 335 Å². The number of phenolic OH excluding ortho intramolecular Hbond substituents is 2. The highest BCUT2D eigenvalue weighted by molar-refractivity contribution is 5.85. The summed E-state index contributed by atoms with van der Waals surface area (Å²) in [6, 6.07) is 21.9. The number of para-hydroxylation sites is 2. The summed E-state index contributed by atoms with van der Waals surface area (Å²) in [7, 11) is 0. The quantitative estimate of drug-likeness (QED) is 0.156. The molecule has 2 fully saturated rings. The normalized spacial score (nSPS) is 14.3. The van der Waals surface area contributed by atoms with Gasteiger partial charge in [-0.15, -0.1) is 0 Å². The first-order chi connectivity index (χ1) is 28.6. The van der Waals surface area contributed by atoms with Crippen LogP contribution in [0.4, 0.5) is 16.3 Å². The summed E-state index contributed by atoms with van der Waals surface area (Å²) in [5.74, 6) is 0.446. The van der Waals surface area contributed by atoms with Gasteiger partial charge in [0.1, 0.15) is 46.1 Å². The molecule has 0 radical (unpaired) electrons. The lowest BCUT2D eigenvalue weighted by Crippen LogP contribution is -2.51. The number of benzene rings is 3. The molecule has 2 saturated heterocycles. The molecule has 0 atom stereocenters. The van der Waals surface area contributed by atoms with Gasteiger partial charge in [0.25, 0.3) is 11.1 Å². The number of hydrogen-bond donors (Lipinski definition) is 5. The zero-order valence-corrected chi connectivity index (χ0v) is 31.5. The molecule has 5 N–H and O–H groups in total. The zero-order valence-electron chi connectivity index (χ0n) is 31.5. The average molecular weight is 793 g/mol. The summed E-state index contributed by atoms with van der Waals surface area (Å²) < 4.78 is 0. The van der Waals surface area contributed by atoms with Gasteiger partial charge in [0.2, 0.25) is 5.91 Å². The van der Waals surface area contributed by atoms with Crippen LogP contribution in [0.15, 0.2) is 76.3 Å². The van der Waals surface area contributed by atoms with Crippen LogP contribution in [0.5, 0.6) is 11.5 Å². The van der Waals surface area contributed by atoms with E-state index in [9.17, 15) is 39.9 Å². The summed E-state index contributed by atoms with van der Waals surface area (Å²) >= 11 is 0. The van der Waals surface area contributed by atoms with Crippen LogP contribution in [0, 0.1) is 22.7 Å². The molecule has 3 aromatic heterocycles. The molecule has 0 spiro atoms. The Kier molecular flexibility index (Phi) is 10.2. The second kappa shape index (κ2) is 15.9. The maximum Gasteiger partial charge on any atom is 0.317 e. The van der Waals surface area contributed by atoms with Crippen LogP contribution in [-0.2, 0) is 17.8 Å². The van der Waals surface area contributed by atoms with Gasteiger partial charge in [-0.05, 0) is 54.6 Å². The first-order valence-corrected chi connectivity index (χ1v) is 18.8. The van der Waals surface area contributed by atoms with E-state index in [0.717, 1.165) is 5.69 Å². The van der Waals surface area contributed by atoms with E-state index in [2.05, 4.69) is 42.3 Å². The zero-order chi connectivity index (χ0) is 41.2. The fourth-order valence-corrected chi connectivity index (χ4v) is 7.38. The monoisotopic (exact) mass is 792 g/mol. The predicted octanol–water partition coefficient (Wildman–Crippen LogP) is 2.30. The van der Waals surface area contributed by atoms with E-state index in [-0.39, 0.29) is 75.4 Å². The summed E-state index contributed by atoms with van der Waals surface area (Å²) in [4.78, 5) is 77.5. The SMILES string of the molecule is N#Cc1ccc(N2CCN(C(=O)NCc3nc4c(O)cccc4c(=O)[nH]3)CC2)cc1-c1nc(N2CCN(C(=O)Cc3nc4c(O)cccc4c(=O)[nH]3)CC2)ccc1C#N. The van der Waals surface area contributed by atoms with Gasteiger partial charge in [-0.25, -0.2) is 19.7 Å². The standard InChI is InChI=1S/C41H36N12O6/c42-21-24-7-9-26(50-11-17-53(18-12-50)41(59)44-23-33-46-38-28(40(58)48-33)4-2-6-31(38)55)19-29(24)36-25(22-43)8-10-34(49-36)51-13-15-52(16-14-51)35(56)20-32-45-37-27(39(57)47-32)3-1-5-30(37)54/h1-10,19,54-55H,11-18,20,23H2,(H,44,59)(H,45,47,57)(H,46,48,58). The molecule has 0 unspecified atom stereocenters. The molecule has 0 bridgehead atoms. The van der Waals surface area contributed by atoms with Gasteiger partial charge < -0.3 is 45.1 Å².